The van der Waals surface area contributed by atoms with Crippen LogP contribution in [-0.2, 0) is 0 Å². The van der Waals surface area contributed by atoms with Gasteiger partial charge in [-0.05, 0) is 45.9 Å². The van der Waals surface area contributed by atoms with E-state index in [1.54, 1.807) is 0 Å². The highest BCUT2D eigenvalue weighted by Gasteiger charge is 2.14. The van der Waals surface area contributed by atoms with Crippen molar-refractivity contribution in [3.8, 4) is 0 Å². The van der Waals surface area contributed by atoms with E-state index in [1.165, 1.54) is 171 Å². The number of rotatable bonds is 24. The normalized spacial score (nSPS) is 11.7. The topological polar surface area (TPSA) is 0 Å². The zero-order chi connectivity index (χ0) is 28.1. The summed E-state index contributed by atoms with van der Waals surface area (Å²) in [6, 6.07) is 18.4. The van der Waals surface area contributed by atoms with Crippen molar-refractivity contribution in [1.29, 1.82) is 0 Å². The first kappa shape index (κ1) is 33.4. The van der Waals surface area contributed by atoms with Gasteiger partial charge in [0.2, 0.25) is 0 Å². The molecule has 0 saturated carbocycles. The second-order valence-electron chi connectivity index (χ2n) is 11.8. The molecule has 0 atom stereocenters. The van der Waals surface area contributed by atoms with Crippen molar-refractivity contribution in [2.24, 2.45) is 0 Å². The molecule has 0 spiro atoms. The molecule has 0 nitrogen and oxygen atoms in total. The quantitative estimate of drug-likeness (QED) is 0.0589. The van der Waals surface area contributed by atoms with Crippen LogP contribution in [0, 0.1) is 0 Å². The third-order valence-electron chi connectivity index (χ3n) is 8.32. The molecule has 0 saturated heterocycles. The lowest BCUT2D eigenvalue weighted by molar-refractivity contribution is 0.563. The van der Waals surface area contributed by atoms with Gasteiger partial charge in [-0.3, -0.25) is 0 Å². The molecule has 222 valence electrons. The Hall–Kier alpha value is -1.12. The molecule has 0 radical (unpaired) electrons. The summed E-state index contributed by atoms with van der Waals surface area (Å²) < 4.78 is 0. The fraction of sp³-hybridized carbons (Fsp3) is 0.632. The molecule has 0 bridgehead atoms. The predicted octanol–water partition coefficient (Wildman–Crippen LogP) is 14.0. The molecule has 0 unspecified atom stereocenters. The van der Waals surface area contributed by atoms with E-state index in [4.69, 9.17) is 0 Å². The Balaban J connectivity index is 1.47. The number of unbranched alkanes of at least 4 members (excludes halogenated alkanes) is 18. The lowest BCUT2D eigenvalue weighted by Gasteiger charge is -2.16. The van der Waals surface area contributed by atoms with Crippen molar-refractivity contribution >= 4 is 45.1 Å². The lowest BCUT2D eigenvalue weighted by Crippen LogP contribution is -1.90. The number of benzene rings is 3. The number of fused-ring (bicyclic) bond motifs is 2. The largest absolute Gasteiger partial charge is 0.125 e. The monoisotopic (exact) mass is 578 g/mol. The molecule has 3 aromatic rings. The zero-order valence-corrected chi connectivity index (χ0v) is 27.6. The van der Waals surface area contributed by atoms with Gasteiger partial charge in [0, 0.05) is 9.79 Å². The minimum absolute atomic E-state index is 1.23. The third-order valence-corrected chi connectivity index (χ3v) is 10.8. The van der Waals surface area contributed by atoms with Crippen LogP contribution in [0.3, 0.4) is 0 Å². The summed E-state index contributed by atoms with van der Waals surface area (Å²) in [5.74, 6) is 2.46. The third kappa shape index (κ3) is 12.0. The average Bonchev–Trinajstić information content (AvgIpc) is 2.99. The summed E-state index contributed by atoms with van der Waals surface area (Å²) >= 11 is 4.20. The van der Waals surface area contributed by atoms with Gasteiger partial charge in [-0.15, -0.1) is 23.5 Å². The van der Waals surface area contributed by atoms with Gasteiger partial charge in [0.15, 0.2) is 0 Å². The highest BCUT2D eigenvalue weighted by molar-refractivity contribution is 8.00. The summed E-state index contributed by atoms with van der Waals surface area (Å²) in [4.78, 5) is 3.01. The van der Waals surface area contributed by atoms with Gasteiger partial charge < -0.3 is 0 Å². The molecule has 2 heteroatoms. The van der Waals surface area contributed by atoms with Gasteiger partial charge in [-0.25, -0.2) is 0 Å². The predicted molar refractivity (Wildman–Crippen MR) is 187 cm³/mol. The Kier molecular flexibility index (Phi) is 18.0. The molecule has 0 aliphatic rings. The number of hydrogen-bond acceptors (Lipinski definition) is 2. The van der Waals surface area contributed by atoms with Crippen molar-refractivity contribution < 1.29 is 0 Å². The van der Waals surface area contributed by atoms with Crippen LogP contribution in [0.5, 0.6) is 0 Å². The van der Waals surface area contributed by atoms with Gasteiger partial charge in [0.1, 0.15) is 0 Å². The average molecular weight is 579 g/mol. The fourth-order valence-corrected chi connectivity index (χ4v) is 8.33. The zero-order valence-electron chi connectivity index (χ0n) is 26.0. The van der Waals surface area contributed by atoms with E-state index in [1.807, 2.05) is 0 Å². The first-order valence-electron chi connectivity index (χ1n) is 17.1. The Bertz CT molecular complexity index is 915. The minimum atomic E-state index is 1.23. The maximum Gasteiger partial charge on any atom is 0.0230 e. The highest BCUT2D eigenvalue weighted by Crippen LogP contribution is 2.43. The number of hydrogen-bond donors (Lipinski definition) is 0. The lowest BCUT2D eigenvalue weighted by atomic mass is 10.0. The van der Waals surface area contributed by atoms with Crippen LogP contribution in [-0.4, -0.2) is 11.5 Å². The van der Waals surface area contributed by atoms with E-state index in [9.17, 15) is 0 Å². The minimum Gasteiger partial charge on any atom is -0.125 e. The molecule has 3 aromatic carbocycles. The smallest absolute Gasteiger partial charge is 0.0230 e. The molecular weight excluding hydrogens is 521 g/mol. The molecular formula is C38H58S2. The Morgan fingerprint density at radius 2 is 0.600 bits per heavy atom. The summed E-state index contributed by atoms with van der Waals surface area (Å²) in [6.45, 7) is 4.60. The van der Waals surface area contributed by atoms with Crippen LogP contribution in [0.4, 0.5) is 0 Å². The van der Waals surface area contributed by atoms with Gasteiger partial charge in [0.05, 0.1) is 0 Å². The summed E-state index contributed by atoms with van der Waals surface area (Å²) in [6.07, 6.45) is 28.1. The van der Waals surface area contributed by atoms with E-state index < -0.39 is 0 Å². The van der Waals surface area contributed by atoms with E-state index in [2.05, 4.69) is 85.9 Å². The first-order valence-corrected chi connectivity index (χ1v) is 19.0. The van der Waals surface area contributed by atoms with Crippen LogP contribution in [0.25, 0.3) is 21.5 Å². The number of thioether (sulfide) groups is 2. The second-order valence-corrected chi connectivity index (χ2v) is 14.0. The standard InChI is InChI=1S/C38H58S2/c1-3-5-7-9-11-13-15-17-19-25-31-39-37-33-27-21-23-29-35(33)38(36-30-24-22-28-34(36)37)40-32-26-20-18-16-14-12-10-8-6-4-2/h21-24,27-30H,3-20,25-26,31-32H2,1-2H3. The summed E-state index contributed by atoms with van der Waals surface area (Å²) in [7, 11) is 0. The van der Waals surface area contributed by atoms with Crippen molar-refractivity contribution in [1.82, 2.24) is 0 Å². The van der Waals surface area contributed by atoms with Crippen LogP contribution < -0.4 is 0 Å². The Morgan fingerprint density at radius 3 is 0.875 bits per heavy atom. The molecule has 0 amide bonds. The summed E-state index contributed by atoms with van der Waals surface area (Å²) in [5.41, 5.74) is 0. The Labute approximate surface area is 256 Å². The maximum absolute atomic E-state index is 2.37. The highest BCUT2D eigenvalue weighted by atomic mass is 32.2. The van der Waals surface area contributed by atoms with Gasteiger partial charge in [-0.2, -0.15) is 0 Å². The van der Waals surface area contributed by atoms with E-state index in [0.29, 0.717) is 0 Å². The Morgan fingerprint density at radius 1 is 0.350 bits per heavy atom. The van der Waals surface area contributed by atoms with Crippen molar-refractivity contribution in [2.45, 2.75) is 152 Å². The molecule has 0 aromatic heterocycles. The van der Waals surface area contributed by atoms with Crippen molar-refractivity contribution in [3.63, 3.8) is 0 Å². The van der Waals surface area contributed by atoms with Crippen LogP contribution in [0.1, 0.15) is 142 Å². The first-order chi connectivity index (χ1) is 19.9. The second kappa shape index (κ2) is 21.6. The molecule has 40 heavy (non-hydrogen) atoms. The molecule has 3 rings (SSSR count). The van der Waals surface area contributed by atoms with Crippen LogP contribution >= 0.6 is 23.5 Å². The maximum atomic E-state index is 2.37. The van der Waals surface area contributed by atoms with Crippen molar-refractivity contribution in [3.05, 3.63) is 48.5 Å². The van der Waals surface area contributed by atoms with Crippen LogP contribution in [0.15, 0.2) is 58.3 Å². The van der Waals surface area contributed by atoms with Crippen molar-refractivity contribution in [2.75, 3.05) is 11.5 Å². The van der Waals surface area contributed by atoms with Gasteiger partial charge in [-0.1, -0.05) is 178 Å². The van der Waals surface area contributed by atoms with E-state index in [-0.39, 0.29) is 0 Å². The van der Waals surface area contributed by atoms with Crippen LogP contribution in [0.2, 0.25) is 0 Å². The molecule has 0 aliphatic carbocycles. The van der Waals surface area contributed by atoms with Gasteiger partial charge >= 0.3 is 0 Å². The molecule has 0 aliphatic heterocycles. The van der Waals surface area contributed by atoms with Gasteiger partial charge in [0.25, 0.3) is 0 Å². The van der Waals surface area contributed by atoms with E-state index in [0.717, 1.165) is 0 Å². The SMILES string of the molecule is CCCCCCCCCCCCSc1c2ccccc2c(SCCCCCCCCCCCC)c2ccccc12. The van der Waals surface area contributed by atoms with E-state index >= 15 is 0 Å². The fourth-order valence-electron chi connectivity index (χ4n) is 5.89. The molecule has 0 heterocycles. The summed E-state index contributed by atoms with van der Waals surface area (Å²) in [5, 5.41) is 5.85. The molecule has 0 fully saturated rings. The molecule has 0 N–H and O–H groups in total.